The molecule has 0 radical (unpaired) electrons. The molecule has 5 aromatic carbocycles. The second kappa shape index (κ2) is 38.3. The van der Waals surface area contributed by atoms with E-state index in [4.69, 9.17) is 37.9 Å². The fourth-order valence-corrected chi connectivity index (χ4v) is 8.37. The van der Waals surface area contributed by atoms with E-state index in [-0.39, 0.29) is 54.6 Å². The Labute approximate surface area is 494 Å². The van der Waals surface area contributed by atoms with Crippen LogP contribution in [-0.4, -0.2) is 48.7 Å². The molecule has 0 fully saturated rings. The SMILES string of the molecule is CC(C)Cc1ccc(OC(C)C)cc1.CC(C)OCc1ccc(OC(C)C)cc1.Cc1cc(CC(C)C)cc(C)c1OC(C)C.Cc1cc(COC(=O)C(C)C)cc(C)c1OC(C)C.Cc1cc(COC(C)C)cc(C)c1OC(C)C. The molecule has 0 unspecified atom stereocenters. The largest absolute Gasteiger partial charge is 0.491 e. The number of carbonyl (C=O) groups is 1. The molecule has 0 N–H and O–H groups in total. The first-order valence-corrected chi connectivity index (χ1v) is 30.0. The number of hydrogen-bond acceptors (Lipinski definition) is 9. The Bertz CT molecular complexity index is 2410. The van der Waals surface area contributed by atoms with Crippen LogP contribution in [0.5, 0.6) is 28.7 Å². The van der Waals surface area contributed by atoms with Crippen LogP contribution in [0.1, 0.15) is 200 Å². The summed E-state index contributed by atoms with van der Waals surface area (Å²) in [7, 11) is 0. The third kappa shape index (κ3) is 32.7. The zero-order valence-electron chi connectivity index (χ0n) is 55.6. The van der Waals surface area contributed by atoms with E-state index in [9.17, 15) is 4.79 Å². The van der Waals surface area contributed by atoms with E-state index in [1.807, 2.05) is 119 Å². The number of benzene rings is 5. The molecule has 454 valence electrons. The molecule has 0 bridgehead atoms. The van der Waals surface area contributed by atoms with Gasteiger partial charge in [0.15, 0.2) is 0 Å². The predicted octanol–water partition coefficient (Wildman–Crippen LogP) is 19.2. The van der Waals surface area contributed by atoms with Gasteiger partial charge in [0, 0.05) is 0 Å². The predicted molar refractivity (Wildman–Crippen MR) is 341 cm³/mol. The molecule has 0 amide bonds. The van der Waals surface area contributed by atoms with Gasteiger partial charge in [0.05, 0.1) is 61.9 Å². The van der Waals surface area contributed by atoms with Gasteiger partial charge in [-0.1, -0.05) is 90.1 Å². The van der Waals surface area contributed by atoms with Gasteiger partial charge in [0.2, 0.25) is 0 Å². The van der Waals surface area contributed by atoms with E-state index < -0.39 is 0 Å². The van der Waals surface area contributed by atoms with Crippen LogP contribution < -0.4 is 23.7 Å². The maximum absolute atomic E-state index is 11.5. The Kier molecular flexibility index (Phi) is 34.8. The van der Waals surface area contributed by atoms with Crippen molar-refractivity contribution in [3.05, 3.63) is 146 Å². The number of ether oxygens (including phenoxy) is 8. The van der Waals surface area contributed by atoms with Gasteiger partial charge in [-0.25, -0.2) is 0 Å². The van der Waals surface area contributed by atoms with Crippen LogP contribution in [0.25, 0.3) is 0 Å². The van der Waals surface area contributed by atoms with Crippen molar-refractivity contribution in [3.63, 3.8) is 0 Å². The highest BCUT2D eigenvalue weighted by Gasteiger charge is 2.14. The maximum atomic E-state index is 11.5. The Morgan fingerprint density at radius 3 is 0.877 bits per heavy atom. The number of hydrogen-bond donors (Lipinski definition) is 0. The lowest BCUT2D eigenvalue weighted by Crippen LogP contribution is -2.12. The zero-order chi connectivity index (χ0) is 61.7. The molecule has 0 aromatic heterocycles. The number of carbonyl (C=O) groups excluding carboxylic acids is 1. The van der Waals surface area contributed by atoms with Gasteiger partial charge in [0.1, 0.15) is 35.4 Å². The van der Waals surface area contributed by atoms with Gasteiger partial charge >= 0.3 is 5.97 Å². The minimum absolute atomic E-state index is 0.0919. The molecule has 0 saturated heterocycles. The smallest absolute Gasteiger partial charge is 0.308 e. The molecule has 9 heteroatoms. The van der Waals surface area contributed by atoms with Crippen molar-refractivity contribution < 1.29 is 42.7 Å². The van der Waals surface area contributed by atoms with E-state index in [1.165, 1.54) is 44.5 Å². The van der Waals surface area contributed by atoms with Crippen LogP contribution in [0.2, 0.25) is 0 Å². The highest BCUT2D eigenvalue weighted by Crippen LogP contribution is 2.29. The van der Waals surface area contributed by atoms with Gasteiger partial charge < -0.3 is 37.9 Å². The number of rotatable bonds is 23. The van der Waals surface area contributed by atoms with E-state index in [2.05, 4.69) is 145 Å². The zero-order valence-corrected chi connectivity index (χ0v) is 55.6. The van der Waals surface area contributed by atoms with Crippen LogP contribution in [0.3, 0.4) is 0 Å². The molecule has 5 rings (SSSR count). The summed E-state index contributed by atoms with van der Waals surface area (Å²) in [6, 6.07) is 29.3. The highest BCUT2D eigenvalue weighted by atomic mass is 16.5. The van der Waals surface area contributed by atoms with Gasteiger partial charge in [-0.2, -0.15) is 0 Å². The summed E-state index contributed by atoms with van der Waals surface area (Å²) < 4.78 is 44.9. The first-order chi connectivity index (χ1) is 37.8. The molecule has 0 spiro atoms. The van der Waals surface area contributed by atoms with Gasteiger partial charge in [-0.3, -0.25) is 4.79 Å². The monoisotopic (exact) mass is 1120 g/mol. The molecule has 0 aliphatic rings. The Balaban J connectivity index is 0.000000508. The van der Waals surface area contributed by atoms with Crippen molar-refractivity contribution in [1.29, 1.82) is 0 Å². The van der Waals surface area contributed by atoms with Crippen LogP contribution in [-0.2, 0) is 51.7 Å². The van der Waals surface area contributed by atoms with Crippen molar-refractivity contribution in [3.8, 4) is 28.7 Å². The van der Waals surface area contributed by atoms with E-state index in [0.717, 1.165) is 58.3 Å². The minimum atomic E-state index is -0.169. The van der Waals surface area contributed by atoms with Gasteiger partial charge in [-0.15, -0.1) is 0 Å². The minimum Gasteiger partial charge on any atom is -0.491 e. The third-order valence-corrected chi connectivity index (χ3v) is 11.5. The number of aryl methyl sites for hydroxylation is 6. The van der Waals surface area contributed by atoms with Crippen LogP contribution in [0.4, 0.5) is 0 Å². The molecule has 5 aromatic rings. The molecular weight excluding hydrogens is 1010 g/mol. The lowest BCUT2D eigenvalue weighted by Gasteiger charge is -2.17. The molecule has 9 nitrogen and oxygen atoms in total. The Hall–Kier alpha value is -5.51. The van der Waals surface area contributed by atoms with Crippen LogP contribution in [0, 0.1) is 59.3 Å². The summed E-state index contributed by atoms with van der Waals surface area (Å²) in [6.07, 6.45) is 3.92. The first kappa shape index (κ1) is 73.5. The Morgan fingerprint density at radius 2 is 0.593 bits per heavy atom. The van der Waals surface area contributed by atoms with Gasteiger partial charge in [-0.05, 0) is 261 Å². The standard InChI is InChI=1S/C16H24O3.C15H24O2.C15H24O.C13H20O2.C13H20O/c1-10(2)16(17)18-9-14-7-12(5)15(13(6)8-14)19-11(3)4;1-10(2)16-9-14-7-12(5)15(13(6)8-14)17-11(3)4;1-10(2)7-14-8-12(5)15(13(6)9-14)16-11(3)4;1-10(2)14-9-12-5-7-13(8-6-12)15-11(3)4;1-10(2)9-12-5-7-13(8-6-12)14-11(3)4/h7-8,10-11H,9H2,1-6H3;7-8,10-11H,9H2,1-6H3;8-11H,7H2,1-6H3;5-8,10-11H,9H2,1-4H3;5-8,10-11H,9H2,1-4H3. The maximum Gasteiger partial charge on any atom is 0.308 e. The summed E-state index contributed by atoms with van der Waals surface area (Å²) in [4.78, 5) is 11.5. The highest BCUT2D eigenvalue weighted by molar-refractivity contribution is 5.71. The molecule has 0 aliphatic heterocycles. The molecule has 0 aliphatic carbocycles. The fourth-order valence-electron chi connectivity index (χ4n) is 8.37. The quantitative estimate of drug-likeness (QED) is 0.0593. The summed E-state index contributed by atoms with van der Waals surface area (Å²) in [5, 5.41) is 0. The molecule has 81 heavy (non-hydrogen) atoms. The molecule has 0 atom stereocenters. The van der Waals surface area contributed by atoms with Crippen molar-refractivity contribution in [2.45, 2.75) is 255 Å². The lowest BCUT2D eigenvalue weighted by molar-refractivity contribution is -0.148. The molecule has 0 saturated carbocycles. The fraction of sp³-hybridized carbons (Fsp3) is 0.569. The lowest BCUT2D eigenvalue weighted by atomic mass is 9.98. The third-order valence-electron chi connectivity index (χ3n) is 11.5. The van der Waals surface area contributed by atoms with Crippen LogP contribution in [0.15, 0.2) is 84.9 Å². The summed E-state index contributed by atoms with van der Waals surface area (Å²) in [5.74, 6) is 6.03. The first-order valence-electron chi connectivity index (χ1n) is 30.0. The summed E-state index contributed by atoms with van der Waals surface area (Å²) in [5.41, 5.74) is 13.2. The van der Waals surface area contributed by atoms with Crippen molar-refractivity contribution in [2.75, 3.05) is 0 Å². The summed E-state index contributed by atoms with van der Waals surface area (Å²) in [6.45, 7) is 55.3. The van der Waals surface area contributed by atoms with Crippen molar-refractivity contribution in [1.82, 2.24) is 0 Å². The normalized spacial score (nSPS) is 11.1. The van der Waals surface area contributed by atoms with E-state index in [0.29, 0.717) is 31.7 Å². The average molecular weight is 1120 g/mol. The van der Waals surface area contributed by atoms with Crippen LogP contribution >= 0.6 is 0 Å². The van der Waals surface area contributed by atoms with E-state index in [1.54, 1.807) is 0 Å². The van der Waals surface area contributed by atoms with Crippen molar-refractivity contribution in [2.24, 2.45) is 17.8 Å². The Morgan fingerprint density at radius 1 is 0.321 bits per heavy atom. The number of esters is 1. The van der Waals surface area contributed by atoms with E-state index >= 15 is 0 Å². The second-order valence-corrected chi connectivity index (χ2v) is 24.5. The second-order valence-electron chi connectivity index (χ2n) is 24.5. The van der Waals surface area contributed by atoms with Gasteiger partial charge in [0.25, 0.3) is 0 Å². The summed E-state index contributed by atoms with van der Waals surface area (Å²) >= 11 is 0. The molecular formula is C72H112O9. The molecule has 0 heterocycles. The van der Waals surface area contributed by atoms with Crippen molar-refractivity contribution >= 4 is 5.97 Å². The average Bonchev–Trinajstić information content (AvgIpc) is 3.34. The topological polar surface area (TPSA) is 90.9 Å².